The molecule has 0 amide bonds. The van der Waals surface area contributed by atoms with Gasteiger partial charge >= 0.3 is 0 Å². The fourth-order valence-electron chi connectivity index (χ4n) is 1.59. The third kappa shape index (κ3) is 3.57. The van der Waals surface area contributed by atoms with Crippen LogP contribution in [-0.2, 0) is 0 Å². The minimum absolute atomic E-state index is 0.0745. The summed E-state index contributed by atoms with van der Waals surface area (Å²) >= 11 is 8.53. The second-order valence-electron chi connectivity index (χ2n) is 4.02. The maximum Gasteiger partial charge on any atom is 0.148 e. The summed E-state index contributed by atoms with van der Waals surface area (Å²) in [6.07, 6.45) is -0.129. The van der Waals surface area contributed by atoms with E-state index >= 15 is 0 Å². The first-order valence-corrected chi connectivity index (χ1v) is 7.94. The molecule has 2 N–H and O–H groups in total. The molecule has 0 saturated carbocycles. The Labute approximate surface area is 127 Å². The molecular formula is C13H13Br2NOS. The van der Waals surface area contributed by atoms with Crippen LogP contribution in [0.1, 0.15) is 17.9 Å². The van der Waals surface area contributed by atoms with Crippen LogP contribution < -0.4 is 10.5 Å². The van der Waals surface area contributed by atoms with Gasteiger partial charge in [-0.05, 0) is 47.1 Å². The smallest absolute Gasteiger partial charge is 0.148 e. The average molecular weight is 391 g/mol. The fourth-order valence-corrected chi connectivity index (χ4v) is 3.55. The molecule has 2 unspecified atom stereocenters. The highest BCUT2D eigenvalue weighted by Gasteiger charge is 2.20. The molecule has 0 aliphatic carbocycles. The quantitative estimate of drug-likeness (QED) is 0.818. The normalized spacial score (nSPS) is 14.2. The van der Waals surface area contributed by atoms with Gasteiger partial charge in [-0.3, -0.25) is 0 Å². The molecule has 2 aromatic rings. The van der Waals surface area contributed by atoms with Crippen molar-refractivity contribution in [3.8, 4) is 5.75 Å². The Morgan fingerprint density at radius 2 is 2.00 bits per heavy atom. The van der Waals surface area contributed by atoms with Crippen LogP contribution in [0.25, 0.3) is 0 Å². The summed E-state index contributed by atoms with van der Waals surface area (Å²) in [7, 11) is 0. The van der Waals surface area contributed by atoms with Gasteiger partial charge in [0.1, 0.15) is 11.9 Å². The lowest BCUT2D eigenvalue weighted by Gasteiger charge is -2.21. The summed E-state index contributed by atoms with van der Waals surface area (Å²) in [6, 6.07) is 9.77. The molecule has 18 heavy (non-hydrogen) atoms. The van der Waals surface area contributed by atoms with E-state index in [9.17, 15) is 0 Å². The standard InChI is InChI=1S/C13H13Br2NOS/c1-8(16)13(12-6-10(15)7-18-12)17-11-4-2-3-9(14)5-11/h2-8,13H,16H2,1H3. The predicted molar refractivity (Wildman–Crippen MR) is 83.2 cm³/mol. The van der Waals surface area contributed by atoms with Crippen molar-refractivity contribution < 1.29 is 4.74 Å². The van der Waals surface area contributed by atoms with E-state index in [0.717, 1.165) is 19.6 Å². The van der Waals surface area contributed by atoms with Gasteiger partial charge in [-0.25, -0.2) is 0 Å². The average Bonchev–Trinajstić information content (AvgIpc) is 2.72. The zero-order valence-electron chi connectivity index (χ0n) is 9.77. The second kappa shape index (κ2) is 6.19. The lowest BCUT2D eigenvalue weighted by atomic mass is 10.1. The van der Waals surface area contributed by atoms with Crippen molar-refractivity contribution in [3.05, 3.63) is 49.5 Å². The first-order chi connectivity index (χ1) is 8.56. The number of thiophene rings is 1. The molecule has 0 aliphatic rings. The first-order valence-electron chi connectivity index (χ1n) is 5.48. The van der Waals surface area contributed by atoms with Gasteiger partial charge in [0.05, 0.1) is 0 Å². The van der Waals surface area contributed by atoms with E-state index < -0.39 is 0 Å². The summed E-state index contributed by atoms with van der Waals surface area (Å²) in [6.45, 7) is 1.95. The van der Waals surface area contributed by atoms with Crippen LogP contribution in [0, 0.1) is 0 Å². The third-order valence-electron chi connectivity index (χ3n) is 2.40. The molecule has 0 aliphatic heterocycles. The number of nitrogens with two attached hydrogens (primary N) is 1. The van der Waals surface area contributed by atoms with Crippen molar-refractivity contribution in [2.45, 2.75) is 19.1 Å². The van der Waals surface area contributed by atoms with E-state index in [2.05, 4.69) is 37.9 Å². The van der Waals surface area contributed by atoms with Crippen molar-refractivity contribution in [1.29, 1.82) is 0 Å². The van der Waals surface area contributed by atoms with E-state index in [1.54, 1.807) is 11.3 Å². The summed E-state index contributed by atoms with van der Waals surface area (Å²) in [5.74, 6) is 0.816. The highest BCUT2D eigenvalue weighted by molar-refractivity contribution is 9.10. The van der Waals surface area contributed by atoms with E-state index in [4.69, 9.17) is 10.5 Å². The number of rotatable bonds is 4. The molecule has 5 heteroatoms. The molecule has 1 aromatic carbocycles. The predicted octanol–water partition coefficient (Wildman–Crippen LogP) is 4.74. The van der Waals surface area contributed by atoms with Gasteiger partial charge in [-0.15, -0.1) is 11.3 Å². The van der Waals surface area contributed by atoms with Crippen LogP contribution in [0.4, 0.5) is 0 Å². The molecule has 0 spiro atoms. The number of ether oxygens (including phenoxy) is 1. The number of halogens is 2. The van der Waals surface area contributed by atoms with Gasteiger partial charge < -0.3 is 10.5 Å². The van der Waals surface area contributed by atoms with Crippen molar-refractivity contribution in [2.24, 2.45) is 5.73 Å². The molecule has 0 radical (unpaired) electrons. The zero-order chi connectivity index (χ0) is 13.1. The van der Waals surface area contributed by atoms with Gasteiger partial charge in [0, 0.05) is 25.2 Å². The van der Waals surface area contributed by atoms with Gasteiger partial charge in [0.2, 0.25) is 0 Å². The van der Waals surface area contributed by atoms with Crippen LogP contribution >= 0.6 is 43.2 Å². The van der Waals surface area contributed by atoms with Crippen LogP contribution in [0.3, 0.4) is 0 Å². The monoisotopic (exact) mass is 389 g/mol. The zero-order valence-corrected chi connectivity index (χ0v) is 13.8. The van der Waals surface area contributed by atoms with Crippen LogP contribution in [-0.4, -0.2) is 6.04 Å². The topological polar surface area (TPSA) is 35.2 Å². The maximum absolute atomic E-state index is 6.02. The molecule has 0 fully saturated rings. The molecule has 2 atom stereocenters. The van der Waals surface area contributed by atoms with Gasteiger partial charge in [0.25, 0.3) is 0 Å². The van der Waals surface area contributed by atoms with Crippen LogP contribution in [0.2, 0.25) is 0 Å². The fraction of sp³-hybridized carbons (Fsp3) is 0.231. The van der Waals surface area contributed by atoms with Gasteiger partial charge in [-0.2, -0.15) is 0 Å². The van der Waals surface area contributed by atoms with Gasteiger partial charge in [-0.1, -0.05) is 22.0 Å². The van der Waals surface area contributed by atoms with Crippen LogP contribution in [0.5, 0.6) is 5.75 Å². The molecule has 1 aromatic heterocycles. The van der Waals surface area contributed by atoms with E-state index in [1.165, 1.54) is 0 Å². The molecule has 96 valence electrons. The van der Waals surface area contributed by atoms with Gasteiger partial charge in [0.15, 0.2) is 0 Å². The lowest BCUT2D eigenvalue weighted by Crippen LogP contribution is -2.28. The molecule has 0 bridgehead atoms. The Morgan fingerprint density at radius 3 is 2.56 bits per heavy atom. The Balaban J connectivity index is 2.22. The maximum atomic E-state index is 6.02. The van der Waals surface area contributed by atoms with Crippen molar-refractivity contribution in [2.75, 3.05) is 0 Å². The number of benzene rings is 1. The molecule has 2 rings (SSSR count). The minimum atomic E-state index is -0.129. The Kier molecular flexibility index (Phi) is 4.84. The van der Waals surface area contributed by atoms with Crippen molar-refractivity contribution >= 4 is 43.2 Å². The second-order valence-corrected chi connectivity index (χ2v) is 6.80. The molecule has 2 nitrogen and oxygen atoms in total. The summed E-state index contributed by atoms with van der Waals surface area (Å²) in [4.78, 5) is 1.12. The van der Waals surface area contributed by atoms with Crippen molar-refractivity contribution in [1.82, 2.24) is 0 Å². The Bertz CT molecular complexity index is 527. The summed E-state index contributed by atoms with van der Waals surface area (Å²) in [5, 5.41) is 2.04. The van der Waals surface area contributed by atoms with E-state index in [0.29, 0.717) is 0 Å². The third-order valence-corrected chi connectivity index (χ3v) is 4.65. The molecule has 1 heterocycles. The highest BCUT2D eigenvalue weighted by atomic mass is 79.9. The summed E-state index contributed by atoms with van der Waals surface area (Å²) in [5.41, 5.74) is 6.02. The number of hydrogen-bond donors (Lipinski definition) is 1. The minimum Gasteiger partial charge on any atom is -0.483 e. The molecule has 0 saturated heterocycles. The Morgan fingerprint density at radius 1 is 1.22 bits per heavy atom. The Hall–Kier alpha value is -0.360. The first kappa shape index (κ1) is 14.1. The van der Waals surface area contributed by atoms with E-state index in [-0.39, 0.29) is 12.1 Å². The van der Waals surface area contributed by atoms with Crippen LogP contribution in [0.15, 0.2) is 44.7 Å². The highest BCUT2D eigenvalue weighted by Crippen LogP contribution is 2.31. The lowest BCUT2D eigenvalue weighted by molar-refractivity contribution is 0.184. The number of hydrogen-bond acceptors (Lipinski definition) is 3. The summed E-state index contributed by atoms with van der Waals surface area (Å²) < 4.78 is 8.05. The largest absolute Gasteiger partial charge is 0.483 e. The SMILES string of the molecule is CC(N)C(Oc1cccc(Br)c1)c1cc(Br)cs1. The van der Waals surface area contributed by atoms with E-state index in [1.807, 2.05) is 36.6 Å². The van der Waals surface area contributed by atoms with Crippen molar-refractivity contribution in [3.63, 3.8) is 0 Å². The molecular weight excluding hydrogens is 378 g/mol.